The zero-order valence-electron chi connectivity index (χ0n) is 12.9. The van der Waals surface area contributed by atoms with Crippen LogP contribution < -0.4 is 10.6 Å². The number of hydrogen-bond acceptors (Lipinski definition) is 4. The number of benzene rings is 1. The number of rotatable bonds is 3. The highest BCUT2D eigenvalue weighted by molar-refractivity contribution is 7.89. The maximum atomic E-state index is 13.8. The van der Waals surface area contributed by atoms with Crippen molar-refractivity contribution >= 4 is 21.6 Å². The van der Waals surface area contributed by atoms with Gasteiger partial charge in [0.25, 0.3) is 0 Å². The summed E-state index contributed by atoms with van der Waals surface area (Å²) >= 11 is 0. The Labute approximate surface area is 135 Å². The van der Waals surface area contributed by atoms with Gasteiger partial charge >= 0.3 is 0 Å². The number of nitrogens with one attached hydrogen (secondary N) is 2. The summed E-state index contributed by atoms with van der Waals surface area (Å²) in [7, 11) is -3.72. The Morgan fingerprint density at radius 2 is 2.04 bits per heavy atom. The smallest absolute Gasteiger partial charge is 0.243 e. The van der Waals surface area contributed by atoms with E-state index in [9.17, 15) is 17.6 Å². The summed E-state index contributed by atoms with van der Waals surface area (Å²) in [6.07, 6.45) is 2.46. The van der Waals surface area contributed by atoms with Gasteiger partial charge in [-0.2, -0.15) is 4.31 Å². The molecule has 2 atom stereocenters. The third-order valence-electron chi connectivity index (χ3n) is 4.41. The van der Waals surface area contributed by atoms with E-state index in [0.29, 0.717) is 6.54 Å². The van der Waals surface area contributed by atoms with Crippen LogP contribution in [0.5, 0.6) is 0 Å². The number of nitrogens with zero attached hydrogens (tertiary/aromatic N) is 1. The topological polar surface area (TPSA) is 78.5 Å². The van der Waals surface area contributed by atoms with E-state index < -0.39 is 21.7 Å². The summed E-state index contributed by atoms with van der Waals surface area (Å²) < 4.78 is 41.4. The molecule has 2 N–H and O–H groups in total. The van der Waals surface area contributed by atoms with Gasteiger partial charge in [0.1, 0.15) is 5.82 Å². The predicted molar refractivity (Wildman–Crippen MR) is 84.0 cm³/mol. The molecule has 2 aliphatic rings. The number of anilines is 1. The molecule has 0 radical (unpaired) electrons. The molecule has 2 saturated heterocycles. The van der Waals surface area contributed by atoms with Crippen molar-refractivity contribution < 1.29 is 17.6 Å². The molecule has 3 rings (SSSR count). The highest BCUT2D eigenvalue weighted by Gasteiger charge is 2.43. The molecule has 126 valence electrons. The first-order chi connectivity index (χ1) is 10.9. The van der Waals surface area contributed by atoms with E-state index in [2.05, 4.69) is 10.6 Å². The average molecular weight is 341 g/mol. The normalized spacial score (nSPS) is 25.1. The van der Waals surface area contributed by atoms with Crippen LogP contribution in [0.1, 0.15) is 26.2 Å². The van der Waals surface area contributed by atoms with Gasteiger partial charge in [0.15, 0.2) is 0 Å². The monoisotopic (exact) mass is 341 g/mol. The fraction of sp³-hybridized carbons (Fsp3) is 0.533. The average Bonchev–Trinajstić information content (AvgIpc) is 2.74. The summed E-state index contributed by atoms with van der Waals surface area (Å²) in [6.45, 7) is 2.69. The van der Waals surface area contributed by atoms with Gasteiger partial charge in [-0.05, 0) is 44.0 Å². The van der Waals surface area contributed by atoms with Gasteiger partial charge in [-0.15, -0.1) is 0 Å². The zero-order chi connectivity index (χ0) is 16.6. The minimum atomic E-state index is -3.72. The lowest BCUT2D eigenvalue weighted by atomic mass is 10.1. The van der Waals surface area contributed by atoms with E-state index in [-0.39, 0.29) is 22.7 Å². The first-order valence-corrected chi connectivity index (χ1v) is 9.15. The van der Waals surface area contributed by atoms with E-state index in [4.69, 9.17) is 0 Å². The van der Waals surface area contributed by atoms with E-state index >= 15 is 0 Å². The third-order valence-corrected chi connectivity index (χ3v) is 6.41. The highest BCUT2D eigenvalue weighted by atomic mass is 32.2. The van der Waals surface area contributed by atoms with E-state index in [1.54, 1.807) is 4.31 Å². The van der Waals surface area contributed by atoms with Crippen molar-refractivity contribution in [1.82, 2.24) is 9.62 Å². The molecule has 2 heterocycles. The summed E-state index contributed by atoms with van der Waals surface area (Å²) in [5.74, 6) is -1.10. The molecule has 2 bridgehead atoms. The van der Waals surface area contributed by atoms with Gasteiger partial charge < -0.3 is 10.6 Å². The van der Waals surface area contributed by atoms with Gasteiger partial charge in [-0.25, -0.2) is 12.8 Å². The van der Waals surface area contributed by atoms with Crippen LogP contribution in [0.2, 0.25) is 0 Å². The van der Waals surface area contributed by atoms with Crippen molar-refractivity contribution in [3.05, 3.63) is 24.0 Å². The minimum Gasteiger partial charge on any atom is -0.324 e. The largest absolute Gasteiger partial charge is 0.324 e. The maximum absolute atomic E-state index is 13.8. The summed E-state index contributed by atoms with van der Waals surface area (Å²) in [5, 5.41) is 5.59. The molecule has 8 heteroatoms. The Kier molecular flexibility index (Phi) is 4.39. The quantitative estimate of drug-likeness (QED) is 0.869. The van der Waals surface area contributed by atoms with E-state index in [0.717, 1.165) is 31.9 Å². The van der Waals surface area contributed by atoms with Crippen molar-refractivity contribution in [2.75, 3.05) is 18.4 Å². The number of fused-ring (bicyclic) bond motifs is 2. The summed E-state index contributed by atoms with van der Waals surface area (Å²) in [5.41, 5.74) is -0.112. The first-order valence-electron chi connectivity index (χ1n) is 7.71. The van der Waals surface area contributed by atoms with Crippen molar-refractivity contribution in [1.29, 1.82) is 0 Å². The molecule has 6 nitrogen and oxygen atoms in total. The molecule has 1 aromatic rings. The lowest BCUT2D eigenvalue weighted by Gasteiger charge is -2.27. The maximum Gasteiger partial charge on any atom is 0.243 e. The molecular weight excluding hydrogens is 321 g/mol. The van der Waals surface area contributed by atoms with Crippen LogP contribution in [0.15, 0.2) is 23.1 Å². The van der Waals surface area contributed by atoms with Crippen LogP contribution in [0, 0.1) is 5.82 Å². The van der Waals surface area contributed by atoms with E-state index in [1.165, 1.54) is 19.1 Å². The van der Waals surface area contributed by atoms with Gasteiger partial charge in [0.05, 0.1) is 10.6 Å². The van der Waals surface area contributed by atoms with Gasteiger partial charge in [-0.1, -0.05) is 0 Å². The van der Waals surface area contributed by atoms with Crippen molar-refractivity contribution in [2.45, 2.75) is 43.2 Å². The van der Waals surface area contributed by atoms with Gasteiger partial charge in [-0.3, -0.25) is 4.79 Å². The predicted octanol–water partition coefficient (Wildman–Crippen LogP) is 1.30. The number of amides is 1. The second-order valence-electron chi connectivity index (χ2n) is 6.04. The molecule has 0 saturated carbocycles. The molecule has 0 spiro atoms. The van der Waals surface area contributed by atoms with Crippen molar-refractivity contribution in [3.63, 3.8) is 0 Å². The van der Waals surface area contributed by atoms with Gasteiger partial charge in [0.2, 0.25) is 15.9 Å². The molecule has 1 amide bonds. The first kappa shape index (κ1) is 16.4. The molecular formula is C15H20FN3O3S. The number of halogens is 1. The van der Waals surface area contributed by atoms with Crippen LogP contribution in [-0.2, 0) is 14.8 Å². The standard InChI is InChI=1S/C15H20FN3O3S/c1-10(20)18-15-8-13(4-5-14(15)16)23(21,22)19-11-2-3-12(19)9-17-7-6-11/h4-5,8,11-12,17H,2-3,6-7,9H2,1H3,(H,18,20). The summed E-state index contributed by atoms with van der Waals surface area (Å²) in [6, 6.07) is 3.45. The summed E-state index contributed by atoms with van der Waals surface area (Å²) in [4.78, 5) is 11.2. The van der Waals surface area contributed by atoms with Crippen LogP contribution >= 0.6 is 0 Å². The van der Waals surface area contributed by atoms with Crippen LogP contribution in [0.3, 0.4) is 0 Å². The third kappa shape index (κ3) is 3.11. The van der Waals surface area contributed by atoms with Crippen molar-refractivity contribution in [2.24, 2.45) is 0 Å². The van der Waals surface area contributed by atoms with Crippen LogP contribution in [0.4, 0.5) is 10.1 Å². The van der Waals surface area contributed by atoms with Gasteiger partial charge in [0, 0.05) is 25.6 Å². The fourth-order valence-corrected chi connectivity index (χ4v) is 5.33. The SMILES string of the molecule is CC(=O)Nc1cc(S(=O)(=O)N2C3CCNCC2CC3)ccc1F. The Morgan fingerprint density at radius 1 is 1.30 bits per heavy atom. The Bertz CT molecular complexity index is 709. The van der Waals surface area contributed by atoms with Crippen LogP contribution in [0.25, 0.3) is 0 Å². The minimum absolute atomic E-state index is 0.0152. The highest BCUT2D eigenvalue weighted by Crippen LogP contribution is 2.34. The zero-order valence-corrected chi connectivity index (χ0v) is 13.7. The Morgan fingerprint density at radius 3 is 2.78 bits per heavy atom. The molecule has 2 unspecified atom stereocenters. The van der Waals surface area contributed by atoms with Crippen molar-refractivity contribution in [3.8, 4) is 0 Å². The Balaban J connectivity index is 1.98. The number of hydrogen-bond donors (Lipinski definition) is 2. The number of sulfonamides is 1. The van der Waals surface area contributed by atoms with E-state index in [1.807, 2.05) is 0 Å². The molecule has 0 aromatic heterocycles. The molecule has 2 aliphatic heterocycles. The second-order valence-corrected chi connectivity index (χ2v) is 7.88. The molecule has 2 fully saturated rings. The molecule has 1 aromatic carbocycles. The molecule has 0 aliphatic carbocycles. The number of carbonyl (C=O) groups excluding carboxylic acids is 1. The Hall–Kier alpha value is -1.51. The molecule has 23 heavy (non-hydrogen) atoms. The lowest BCUT2D eigenvalue weighted by molar-refractivity contribution is -0.114. The number of carbonyl (C=O) groups is 1. The lowest BCUT2D eigenvalue weighted by Crippen LogP contribution is -2.42. The second kappa shape index (κ2) is 6.18. The fourth-order valence-electron chi connectivity index (χ4n) is 3.40. The van der Waals surface area contributed by atoms with Crippen LogP contribution in [-0.4, -0.2) is 43.8 Å².